The fourth-order valence-corrected chi connectivity index (χ4v) is 1.53. The average Bonchev–Trinajstić information content (AvgIpc) is 1.85. The van der Waals surface area contributed by atoms with Crippen LogP contribution < -0.4 is 0 Å². The van der Waals surface area contributed by atoms with E-state index in [1.54, 1.807) is 6.92 Å². The Hall–Kier alpha value is -0.0151. The molecule has 3 heteroatoms. The maximum atomic E-state index is 9.31. The Kier molecular flexibility index (Phi) is 2.96. The molecule has 0 amide bonds. The van der Waals surface area contributed by atoms with Crippen molar-refractivity contribution in [1.29, 1.82) is 0 Å². The maximum absolute atomic E-state index is 9.31. The second-order valence-electron chi connectivity index (χ2n) is 3.62. The van der Waals surface area contributed by atoms with Crippen LogP contribution in [-0.4, -0.2) is 31.7 Å². The van der Waals surface area contributed by atoms with E-state index in [9.17, 15) is 5.11 Å². The molecular weight excluding hydrogens is 139 g/mol. The van der Waals surface area contributed by atoms with E-state index in [0.717, 1.165) is 26.1 Å². The highest BCUT2D eigenvalue weighted by atomic mass is 16.5. The molecule has 0 aromatic heterocycles. The molecular formula is C8H15BO2. The SMILES string of the molecule is [B]C(C)(O)CC1CCOCC1. The monoisotopic (exact) mass is 154 g/mol. The Morgan fingerprint density at radius 2 is 2.09 bits per heavy atom. The summed E-state index contributed by atoms with van der Waals surface area (Å²) in [6.45, 7) is 3.30. The summed E-state index contributed by atoms with van der Waals surface area (Å²) in [5.74, 6) is 0.545. The van der Waals surface area contributed by atoms with Crippen LogP contribution in [0.1, 0.15) is 26.2 Å². The molecule has 0 spiro atoms. The van der Waals surface area contributed by atoms with Gasteiger partial charge in [0.2, 0.25) is 0 Å². The van der Waals surface area contributed by atoms with Crippen LogP contribution in [-0.2, 0) is 4.74 Å². The smallest absolute Gasteiger partial charge is 0.112 e. The van der Waals surface area contributed by atoms with Crippen molar-refractivity contribution in [1.82, 2.24) is 0 Å². The third-order valence-electron chi connectivity index (χ3n) is 2.04. The van der Waals surface area contributed by atoms with Crippen LogP contribution in [0.25, 0.3) is 0 Å². The van der Waals surface area contributed by atoms with Crippen molar-refractivity contribution in [3.05, 3.63) is 0 Å². The van der Waals surface area contributed by atoms with E-state index < -0.39 is 5.50 Å². The third kappa shape index (κ3) is 3.78. The average molecular weight is 154 g/mol. The molecule has 1 atom stereocenters. The van der Waals surface area contributed by atoms with E-state index in [2.05, 4.69) is 0 Å². The minimum Gasteiger partial charge on any atom is -0.400 e. The second-order valence-corrected chi connectivity index (χ2v) is 3.62. The fraction of sp³-hybridized carbons (Fsp3) is 1.00. The van der Waals surface area contributed by atoms with Crippen LogP contribution >= 0.6 is 0 Å². The number of hydrogen-bond acceptors (Lipinski definition) is 2. The van der Waals surface area contributed by atoms with Gasteiger partial charge in [0.05, 0.1) is 0 Å². The van der Waals surface area contributed by atoms with Crippen molar-refractivity contribution in [2.24, 2.45) is 5.92 Å². The summed E-state index contributed by atoms with van der Waals surface area (Å²) in [5.41, 5.74) is -0.998. The van der Waals surface area contributed by atoms with Crippen molar-refractivity contribution in [3.8, 4) is 0 Å². The van der Waals surface area contributed by atoms with E-state index in [4.69, 9.17) is 12.6 Å². The number of rotatable bonds is 2. The van der Waals surface area contributed by atoms with Gasteiger partial charge in [-0.05, 0) is 32.1 Å². The quantitative estimate of drug-likeness (QED) is 0.592. The standard InChI is InChI=1S/C8H15BO2/c1-8(9,10)6-7-2-4-11-5-3-7/h7,10H,2-6H2,1H3. The van der Waals surface area contributed by atoms with Crippen LogP contribution in [0.2, 0.25) is 0 Å². The number of hydrogen-bond donors (Lipinski definition) is 1. The maximum Gasteiger partial charge on any atom is 0.112 e. The normalized spacial score (nSPS) is 26.4. The molecule has 1 rings (SSSR count). The van der Waals surface area contributed by atoms with Gasteiger partial charge in [-0.3, -0.25) is 0 Å². The third-order valence-corrected chi connectivity index (χ3v) is 2.04. The van der Waals surface area contributed by atoms with Gasteiger partial charge in [-0.25, -0.2) is 0 Å². The molecule has 1 saturated heterocycles. The lowest BCUT2D eigenvalue weighted by atomic mass is 9.75. The highest BCUT2D eigenvalue weighted by molar-refractivity contribution is 6.13. The summed E-state index contributed by atoms with van der Waals surface area (Å²) in [6.07, 6.45) is 2.76. The van der Waals surface area contributed by atoms with Crippen LogP contribution in [0.3, 0.4) is 0 Å². The van der Waals surface area contributed by atoms with E-state index in [1.807, 2.05) is 0 Å². The fourth-order valence-electron chi connectivity index (χ4n) is 1.53. The molecule has 1 N–H and O–H groups in total. The highest BCUT2D eigenvalue weighted by Gasteiger charge is 2.21. The van der Waals surface area contributed by atoms with Gasteiger partial charge in [0.15, 0.2) is 0 Å². The summed E-state index contributed by atoms with van der Waals surface area (Å²) in [7, 11) is 5.48. The molecule has 1 heterocycles. The largest absolute Gasteiger partial charge is 0.400 e. The molecule has 11 heavy (non-hydrogen) atoms. The predicted octanol–water partition coefficient (Wildman–Crippen LogP) is 0.680. The zero-order chi connectivity index (χ0) is 8.32. The molecule has 2 radical (unpaired) electrons. The van der Waals surface area contributed by atoms with Crippen LogP contribution in [0.4, 0.5) is 0 Å². The summed E-state index contributed by atoms with van der Waals surface area (Å²) >= 11 is 0. The van der Waals surface area contributed by atoms with Gasteiger partial charge in [0, 0.05) is 18.7 Å². The lowest BCUT2D eigenvalue weighted by Gasteiger charge is -2.28. The molecule has 1 fully saturated rings. The van der Waals surface area contributed by atoms with Crippen molar-refractivity contribution in [3.63, 3.8) is 0 Å². The first-order chi connectivity index (χ1) is 5.08. The first kappa shape index (κ1) is 9.08. The lowest BCUT2D eigenvalue weighted by molar-refractivity contribution is 0.0369. The van der Waals surface area contributed by atoms with Gasteiger partial charge in [-0.15, -0.1) is 0 Å². The van der Waals surface area contributed by atoms with Crippen molar-refractivity contribution in [2.45, 2.75) is 31.7 Å². The molecule has 0 aliphatic carbocycles. The molecule has 0 saturated carbocycles. The summed E-state index contributed by atoms with van der Waals surface area (Å²) < 4.78 is 5.19. The number of aliphatic hydroxyl groups is 1. The molecule has 1 unspecified atom stereocenters. The van der Waals surface area contributed by atoms with E-state index in [0.29, 0.717) is 12.3 Å². The molecule has 0 bridgehead atoms. The number of ether oxygens (including phenoxy) is 1. The Morgan fingerprint density at radius 1 is 1.55 bits per heavy atom. The van der Waals surface area contributed by atoms with E-state index in [1.165, 1.54) is 0 Å². The Balaban J connectivity index is 2.24. The zero-order valence-corrected chi connectivity index (χ0v) is 7.05. The van der Waals surface area contributed by atoms with Crippen molar-refractivity contribution < 1.29 is 9.84 Å². The molecule has 1 aliphatic heterocycles. The summed E-state index contributed by atoms with van der Waals surface area (Å²) in [5, 5.41) is 9.31. The summed E-state index contributed by atoms with van der Waals surface area (Å²) in [6, 6.07) is 0. The lowest BCUT2D eigenvalue weighted by Crippen LogP contribution is -2.30. The van der Waals surface area contributed by atoms with Gasteiger partial charge >= 0.3 is 0 Å². The summed E-state index contributed by atoms with van der Waals surface area (Å²) in [4.78, 5) is 0. The first-order valence-corrected chi connectivity index (χ1v) is 4.17. The van der Waals surface area contributed by atoms with Crippen molar-refractivity contribution in [2.75, 3.05) is 13.2 Å². The van der Waals surface area contributed by atoms with Crippen molar-refractivity contribution >= 4 is 7.85 Å². The van der Waals surface area contributed by atoms with Crippen LogP contribution in [0.15, 0.2) is 0 Å². The predicted molar refractivity (Wildman–Crippen MR) is 44.5 cm³/mol. The Bertz CT molecular complexity index is 114. The molecule has 0 aromatic carbocycles. The molecule has 2 nitrogen and oxygen atoms in total. The Morgan fingerprint density at radius 3 is 2.55 bits per heavy atom. The van der Waals surface area contributed by atoms with E-state index >= 15 is 0 Å². The van der Waals surface area contributed by atoms with Crippen LogP contribution in [0, 0.1) is 5.92 Å². The zero-order valence-electron chi connectivity index (χ0n) is 7.05. The Labute approximate surface area is 69.3 Å². The second kappa shape index (κ2) is 3.59. The van der Waals surface area contributed by atoms with Gasteiger partial charge in [-0.1, -0.05) is 0 Å². The van der Waals surface area contributed by atoms with E-state index in [-0.39, 0.29) is 0 Å². The van der Waals surface area contributed by atoms with Crippen LogP contribution in [0.5, 0.6) is 0 Å². The minimum atomic E-state index is -0.998. The van der Waals surface area contributed by atoms with Gasteiger partial charge in [0.1, 0.15) is 7.85 Å². The molecule has 0 aromatic rings. The minimum absolute atomic E-state index is 0.545. The molecule has 1 aliphatic rings. The highest BCUT2D eigenvalue weighted by Crippen LogP contribution is 2.23. The topological polar surface area (TPSA) is 29.5 Å². The van der Waals surface area contributed by atoms with Gasteiger partial charge in [-0.2, -0.15) is 0 Å². The van der Waals surface area contributed by atoms with Gasteiger partial charge < -0.3 is 9.84 Å². The van der Waals surface area contributed by atoms with Gasteiger partial charge in [0.25, 0.3) is 0 Å². The first-order valence-electron chi connectivity index (χ1n) is 4.17. The molecule has 62 valence electrons.